The number of nitrogens with two attached hydrogens (primary N) is 5. The minimum Gasteiger partial charge on any atom is -0.481 e. The van der Waals surface area contributed by atoms with Gasteiger partial charge in [0, 0.05) is 13.0 Å². The molecule has 17 atom stereocenters. The molecule has 0 radical (unpaired) electrons. The van der Waals surface area contributed by atoms with Crippen molar-refractivity contribution in [1.29, 1.82) is 0 Å². The van der Waals surface area contributed by atoms with Gasteiger partial charge in [0.25, 0.3) is 0 Å². The zero-order valence-electron chi connectivity index (χ0n) is 69.9. The molecule has 0 aromatic carbocycles. The van der Waals surface area contributed by atoms with Gasteiger partial charge in [0.1, 0.15) is 78.5 Å². The van der Waals surface area contributed by atoms with Gasteiger partial charge in [0.15, 0.2) is 5.96 Å². The highest BCUT2D eigenvalue weighted by atomic mass is 16.4. The van der Waals surface area contributed by atoms with E-state index < -0.39 is 247 Å². The second-order valence-electron chi connectivity index (χ2n) is 31.4. The number of aliphatic hydroxyl groups excluding tert-OH is 1. The van der Waals surface area contributed by atoms with Crippen molar-refractivity contribution >= 4 is 107 Å². The molecule has 41 heteroatoms. The van der Waals surface area contributed by atoms with E-state index in [1.807, 2.05) is 0 Å². The third-order valence-corrected chi connectivity index (χ3v) is 18.9. The topological polar surface area (TPSA) is 690 Å². The summed E-state index contributed by atoms with van der Waals surface area (Å²) in [4.78, 5) is 237. The number of aliphatic hydroxyl groups is 1. The number of nitrogens with zero attached hydrogens (tertiary/aromatic N) is 1. The smallest absolute Gasteiger partial charge is 0.326 e. The van der Waals surface area contributed by atoms with Gasteiger partial charge in [-0.1, -0.05) is 116 Å². The SMILES string of the molecule is CC[C@H](C)[C@H](NC(=O)[C@H](CC(C)C)NC(=O)[C@@H](NC(=O)[C@H](CCC(=O)O)NC(=O)[C@H](CC(=O)O)NC(=O)[C@H](CC(C)C)NC(=O)[C@H](CC(=O)O)NC(=O)[C@@H](NC(=O)[C@@H](NC(=O)[C@H](CC(C)C)NC(=O)[C@@H](NC(=O)[C@H](CCCCN)NC(=O)[C@H](CCCN=C(N)N)NC(=O)[C@@H](N)CCCCN)[C@@H](C)CC)C(C)C)C(C)C)[C@@H](C)O)C(=O)O. The van der Waals surface area contributed by atoms with Crippen molar-refractivity contribution in [3.8, 4) is 0 Å². The normalized spacial score (nSPS) is 15.8. The average molecular weight is 1660 g/mol. The highest BCUT2D eigenvalue weighted by Gasteiger charge is 2.41. The van der Waals surface area contributed by atoms with Gasteiger partial charge in [-0.2, -0.15) is 0 Å². The molecule has 0 aliphatic rings. The molecule has 0 aromatic rings. The number of aliphatic imine (C=N–C) groups is 1. The van der Waals surface area contributed by atoms with Crippen LogP contribution in [0.3, 0.4) is 0 Å². The van der Waals surface area contributed by atoms with Crippen molar-refractivity contribution in [2.45, 2.75) is 304 Å². The Morgan fingerprint density at radius 3 is 1.01 bits per heavy atom. The number of hydrogen-bond acceptors (Lipinski definition) is 22. The lowest BCUT2D eigenvalue weighted by Gasteiger charge is -2.31. The van der Waals surface area contributed by atoms with Gasteiger partial charge in [0.2, 0.25) is 76.8 Å². The first-order chi connectivity index (χ1) is 54.1. The summed E-state index contributed by atoms with van der Waals surface area (Å²) in [5.74, 6) is -23.6. The van der Waals surface area contributed by atoms with E-state index in [1.165, 1.54) is 13.8 Å². The molecule has 0 heterocycles. The zero-order chi connectivity index (χ0) is 89.1. The van der Waals surface area contributed by atoms with Crippen LogP contribution >= 0.6 is 0 Å². The molecule has 116 heavy (non-hydrogen) atoms. The standard InChI is InChI=1S/C75H135N19O22/c1-16-41(13)58(92-63(104)45(24-19-21-29-77)83-62(103)46(25-22-30-81-75(79)80)82-61(102)44(78)23-18-20-28-76)72(113)87-49(32-37(5)6)68(109)90-57(40(11)12)71(112)91-56(39(9)10)70(111)89-52(35-55(100)101)67(108)85-48(31-36(3)4)65(106)86-51(34-54(98)99)66(107)84-47(26-27-53(96)97)64(105)94-60(43(15)95)73(114)88-50(33-38(7)8)69(110)93-59(74(115)116)42(14)17-2/h36-52,56-60,95H,16-35,76-78H2,1-15H3,(H,82,102)(H,83,103)(H,84,107)(H,85,108)(H,86,106)(H,87,113)(H,88,114)(H,89,111)(H,90,109)(H,91,112)(H,92,104)(H,93,110)(H,94,105)(H,96,97)(H,98,99)(H,100,101)(H,115,116)(H4,79,80,81)/t41-,42-,43+,44-,45-,46-,47-,48-,49-,50-,51-,52-,56-,57-,58-,59-,60-/m0/s1. The van der Waals surface area contributed by atoms with E-state index in [9.17, 15) is 107 Å². The molecule has 0 spiro atoms. The Labute approximate surface area is 678 Å². The summed E-state index contributed by atoms with van der Waals surface area (Å²) in [7, 11) is 0. The molecular weight excluding hydrogens is 1520 g/mol. The summed E-state index contributed by atoms with van der Waals surface area (Å²) in [6.07, 6.45) is -2.92. The van der Waals surface area contributed by atoms with E-state index in [4.69, 9.17) is 28.7 Å². The third kappa shape index (κ3) is 41.1. The van der Waals surface area contributed by atoms with Gasteiger partial charge in [-0.15, -0.1) is 0 Å². The number of carboxylic acid groups (broad SMARTS) is 4. The minimum absolute atomic E-state index is 0.0161. The maximum atomic E-state index is 14.6. The number of aliphatic carboxylic acids is 4. The average Bonchev–Trinajstić information content (AvgIpc) is 0.808. The van der Waals surface area contributed by atoms with E-state index in [-0.39, 0.29) is 75.8 Å². The summed E-state index contributed by atoms with van der Waals surface area (Å²) in [6, 6.07) is -21.8. The Bertz CT molecular complexity index is 3280. The second-order valence-corrected chi connectivity index (χ2v) is 31.4. The van der Waals surface area contributed by atoms with Gasteiger partial charge in [-0.25, -0.2) is 4.79 Å². The molecule has 28 N–H and O–H groups in total. The number of amides is 13. The van der Waals surface area contributed by atoms with E-state index in [0.29, 0.717) is 45.1 Å². The summed E-state index contributed by atoms with van der Waals surface area (Å²) in [5.41, 5.74) is 28.6. The first kappa shape index (κ1) is 106. The van der Waals surface area contributed by atoms with Gasteiger partial charge < -0.3 is 123 Å². The van der Waals surface area contributed by atoms with E-state index >= 15 is 0 Å². The van der Waals surface area contributed by atoms with Crippen LogP contribution in [0.15, 0.2) is 4.99 Å². The lowest BCUT2D eigenvalue weighted by atomic mass is 9.95. The molecule has 0 aromatic heterocycles. The first-order valence-corrected chi connectivity index (χ1v) is 39.8. The Hall–Kier alpha value is -9.90. The molecule has 0 aliphatic carbocycles. The molecule has 0 fully saturated rings. The largest absolute Gasteiger partial charge is 0.481 e. The predicted molar refractivity (Wildman–Crippen MR) is 426 cm³/mol. The maximum Gasteiger partial charge on any atom is 0.326 e. The van der Waals surface area contributed by atoms with Crippen LogP contribution in [0.4, 0.5) is 0 Å². The molecule has 13 amide bonds. The van der Waals surface area contributed by atoms with Crippen LogP contribution < -0.4 is 97.8 Å². The van der Waals surface area contributed by atoms with Crippen LogP contribution in [0.25, 0.3) is 0 Å². The highest BCUT2D eigenvalue weighted by Crippen LogP contribution is 2.18. The summed E-state index contributed by atoms with van der Waals surface area (Å²) in [6.45, 7) is 24.6. The van der Waals surface area contributed by atoms with Crippen LogP contribution in [-0.2, 0) is 81.5 Å². The van der Waals surface area contributed by atoms with Gasteiger partial charge in [0.05, 0.1) is 25.0 Å². The highest BCUT2D eigenvalue weighted by molar-refractivity contribution is 6.01. The number of unbranched alkanes of at least 4 members (excludes halogenated alkanes) is 2. The van der Waals surface area contributed by atoms with Crippen LogP contribution in [0, 0.1) is 41.4 Å². The molecule has 41 nitrogen and oxygen atoms in total. The van der Waals surface area contributed by atoms with Crippen molar-refractivity contribution in [1.82, 2.24) is 69.1 Å². The fourth-order valence-corrected chi connectivity index (χ4v) is 11.9. The summed E-state index contributed by atoms with van der Waals surface area (Å²) >= 11 is 0. The van der Waals surface area contributed by atoms with Crippen LogP contribution in [0.5, 0.6) is 0 Å². The van der Waals surface area contributed by atoms with Crippen LogP contribution in [0.1, 0.15) is 213 Å². The molecule has 0 aliphatic heterocycles. The molecule has 662 valence electrons. The Kier molecular flexibility index (Phi) is 50.2. The Morgan fingerprint density at radius 2 is 0.621 bits per heavy atom. The molecule has 0 saturated heterocycles. The first-order valence-electron chi connectivity index (χ1n) is 39.8. The molecule has 0 bridgehead atoms. The van der Waals surface area contributed by atoms with Gasteiger partial charge in [-0.05, 0) is 132 Å². The van der Waals surface area contributed by atoms with Crippen molar-refractivity contribution in [2.24, 2.45) is 75.1 Å². The summed E-state index contributed by atoms with van der Waals surface area (Å²) in [5, 5.41) is 82.4. The number of hydrogen-bond donors (Lipinski definition) is 23. The quantitative estimate of drug-likeness (QED) is 0.0162. The number of rotatable bonds is 59. The fourth-order valence-electron chi connectivity index (χ4n) is 11.9. The van der Waals surface area contributed by atoms with Crippen molar-refractivity contribution in [3.05, 3.63) is 0 Å². The third-order valence-electron chi connectivity index (χ3n) is 18.9. The zero-order valence-corrected chi connectivity index (χ0v) is 69.9. The number of nitrogens with one attached hydrogen (secondary N) is 13. The number of carbonyl (C=O) groups excluding carboxylic acids is 13. The van der Waals surface area contributed by atoms with Crippen molar-refractivity contribution < 1.29 is 107 Å². The monoisotopic (exact) mass is 1650 g/mol. The van der Waals surface area contributed by atoms with Crippen molar-refractivity contribution in [2.75, 3.05) is 19.6 Å². The Balaban J connectivity index is 7.12. The second kappa shape index (κ2) is 54.8. The summed E-state index contributed by atoms with van der Waals surface area (Å²) < 4.78 is 0. The number of carboxylic acids is 4. The van der Waals surface area contributed by atoms with Gasteiger partial charge in [-0.3, -0.25) is 81.7 Å². The maximum absolute atomic E-state index is 14.6. The van der Waals surface area contributed by atoms with Gasteiger partial charge >= 0.3 is 23.9 Å². The number of guanidine groups is 1. The van der Waals surface area contributed by atoms with E-state index in [1.54, 1.807) is 83.1 Å². The molecule has 0 saturated carbocycles. The van der Waals surface area contributed by atoms with Crippen LogP contribution in [-0.4, -0.2) is 242 Å². The Morgan fingerprint density at radius 1 is 0.328 bits per heavy atom. The minimum atomic E-state index is -2.14. The lowest BCUT2D eigenvalue weighted by molar-refractivity contribution is -0.144. The number of carbonyl (C=O) groups is 17. The van der Waals surface area contributed by atoms with E-state index in [0.717, 1.165) is 6.92 Å². The van der Waals surface area contributed by atoms with Crippen LogP contribution in [0.2, 0.25) is 0 Å². The fraction of sp³-hybridized carbons (Fsp3) is 0.760. The van der Waals surface area contributed by atoms with E-state index in [2.05, 4.69) is 74.1 Å². The lowest BCUT2D eigenvalue weighted by Crippen LogP contribution is -2.62. The molecule has 0 unspecified atom stereocenters. The molecule has 0 rings (SSSR count). The predicted octanol–water partition coefficient (Wildman–Crippen LogP) is -3.25. The molecular formula is C75H135N19O22. The van der Waals surface area contributed by atoms with Crippen molar-refractivity contribution in [3.63, 3.8) is 0 Å².